The van der Waals surface area contributed by atoms with Gasteiger partial charge in [-0.2, -0.15) is 4.31 Å². The molecule has 4 nitrogen and oxygen atoms in total. The third-order valence-corrected chi connectivity index (χ3v) is 5.93. The average Bonchev–Trinajstić information content (AvgIpc) is 2.48. The van der Waals surface area contributed by atoms with E-state index in [1.165, 1.54) is 4.31 Å². The minimum atomic E-state index is -3.56. The number of nitrogens with zero attached hydrogens (tertiary/aromatic N) is 1. The predicted molar refractivity (Wildman–Crippen MR) is 85.8 cm³/mol. The summed E-state index contributed by atoms with van der Waals surface area (Å²) in [5.74, 6) is 0.673. The minimum Gasteiger partial charge on any atom is -0.496 e. The summed E-state index contributed by atoms with van der Waals surface area (Å²) < 4.78 is 32.3. The van der Waals surface area contributed by atoms with Crippen molar-refractivity contribution < 1.29 is 13.2 Å². The Labute approximate surface area is 133 Å². The van der Waals surface area contributed by atoms with E-state index in [9.17, 15) is 8.42 Å². The fourth-order valence-corrected chi connectivity index (χ4v) is 4.09. The molecule has 0 saturated heterocycles. The molecule has 0 aliphatic carbocycles. The molecule has 0 heterocycles. The van der Waals surface area contributed by atoms with Crippen LogP contribution in [0.3, 0.4) is 0 Å². The molecular weight excluding hydrogens is 354 g/mol. The normalized spacial score (nSPS) is 11.6. The van der Waals surface area contributed by atoms with E-state index >= 15 is 0 Å². The number of hydrogen-bond acceptors (Lipinski definition) is 3. The molecule has 0 N–H and O–H groups in total. The zero-order valence-corrected chi connectivity index (χ0v) is 14.2. The third-order valence-electron chi connectivity index (χ3n) is 3.11. The smallest absolute Gasteiger partial charge is 0.244 e. The molecule has 0 fully saturated rings. The van der Waals surface area contributed by atoms with Crippen molar-refractivity contribution in [1.82, 2.24) is 4.31 Å². The lowest BCUT2D eigenvalue weighted by Crippen LogP contribution is -2.27. The van der Waals surface area contributed by atoms with Gasteiger partial charge >= 0.3 is 0 Å². The Hall–Kier alpha value is -1.37. The van der Waals surface area contributed by atoms with Crippen LogP contribution >= 0.6 is 15.9 Å². The number of methoxy groups -OCH3 is 1. The molecule has 6 heteroatoms. The highest BCUT2D eigenvalue weighted by atomic mass is 79.9. The molecule has 0 spiro atoms. The van der Waals surface area contributed by atoms with Gasteiger partial charge in [-0.1, -0.05) is 30.3 Å². The largest absolute Gasteiger partial charge is 0.496 e. The minimum absolute atomic E-state index is 0.244. The van der Waals surface area contributed by atoms with Gasteiger partial charge in [-0.05, 0) is 34.1 Å². The first-order chi connectivity index (χ1) is 9.96. The van der Waals surface area contributed by atoms with E-state index in [-0.39, 0.29) is 11.4 Å². The van der Waals surface area contributed by atoms with E-state index in [0.717, 1.165) is 5.56 Å². The summed E-state index contributed by atoms with van der Waals surface area (Å²) in [6.45, 7) is 0.244. The maximum Gasteiger partial charge on any atom is 0.244 e. The Morgan fingerprint density at radius 3 is 2.38 bits per heavy atom. The van der Waals surface area contributed by atoms with Crippen molar-refractivity contribution in [2.24, 2.45) is 0 Å². The number of halogens is 1. The van der Waals surface area contributed by atoms with Gasteiger partial charge in [-0.15, -0.1) is 0 Å². The first-order valence-electron chi connectivity index (χ1n) is 6.29. The van der Waals surface area contributed by atoms with Crippen molar-refractivity contribution in [2.75, 3.05) is 14.2 Å². The maximum absolute atomic E-state index is 12.6. The monoisotopic (exact) mass is 369 g/mol. The molecule has 0 aromatic heterocycles. The second kappa shape index (κ2) is 6.60. The molecule has 2 aromatic carbocycles. The van der Waals surface area contributed by atoms with E-state index in [1.807, 2.05) is 24.3 Å². The Bertz CT molecular complexity index is 731. The van der Waals surface area contributed by atoms with Gasteiger partial charge in [0, 0.05) is 23.6 Å². The van der Waals surface area contributed by atoms with E-state index in [4.69, 9.17) is 4.74 Å². The predicted octanol–water partition coefficient (Wildman–Crippen LogP) is 3.28. The first kappa shape index (κ1) is 16.0. The molecule has 112 valence electrons. The highest BCUT2D eigenvalue weighted by molar-refractivity contribution is 9.10. The standard InChI is InChI=1S/C15H16BrNO3S/c1-17(11-12-7-3-5-9-14(12)20-2)21(18,19)15-10-6-4-8-13(15)16/h3-10H,11H2,1-2H3. The zero-order valence-electron chi connectivity index (χ0n) is 11.8. The lowest BCUT2D eigenvalue weighted by molar-refractivity contribution is 0.398. The first-order valence-corrected chi connectivity index (χ1v) is 8.53. The summed E-state index contributed by atoms with van der Waals surface area (Å²) in [6, 6.07) is 14.2. The van der Waals surface area contributed by atoms with E-state index < -0.39 is 10.0 Å². The van der Waals surface area contributed by atoms with Crippen LogP contribution in [0.4, 0.5) is 0 Å². The van der Waals surface area contributed by atoms with Crippen molar-refractivity contribution in [3.05, 3.63) is 58.6 Å². The van der Waals surface area contributed by atoms with E-state index in [2.05, 4.69) is 15.9 Å². The molecule has 21 heavy (non-hydrogen) atoms. The van der Waals surface area contributed by atoms with Crippen molar-refractivity contribution in [3.63, 3.8) is 0 Å². The quantitative estimate of drug-likeness (QED) is 0.812. The van der Waals surface area contributed by atoms with Crippen LogP contribution in [0.1, 0.15) is 5.56 Å². The summed E-state index contributed by atoms with van der Waals surface area (Å²) in [4.78, 5) is 0.252. The second-order valence-electron chi connectivity index (χ2n) is 4.50. The number of rotatable bonds is 5. The summed E-state index contributed by atoms with van der Waals surface area (Å²) in [6.07, 6.45) is 0. The molecule has 0 aliphatic rings. The van der Waals surface area contributed by atoms with Crippen LogP contribution < -0.4 is 4.74 Å². The lowest BCUT2D eigenvalue weighted by atomic mass is 10.2. The molecule has 0 unspecified atom stereocenters. The molecule has 0 bridgehead atoms. The Balaban J connectivity index is 2.32. The average molecular weight is 370 g/mol. The Morgan fingerprint density at radius 1 is 1.10 bits per heavy atom. The lowest BCUT2D eigenvalue weighted by Gasteiger charge is -2.19. The SMILES string of the molecule is COc1ccccc1CN(C)S(=O)(=O)c1ccccc1Br. The molecule has 2 rings (SSSR count). The van der Waals surface area contributed by atoms with Crippen LogP contribution in [-0.2, 0) is 16.6 Å². The number of hydrogen-bond donors (Lipinski definition) is 0. The number of sulfonamides is 1. The number of para-hydroxylation sites is 1. The van der Waals surface area contributed by atoms with Gasteiger partial charge in [0.1, 0.15) is 5.75 Å². The molecule has 0 saturated carbocycles. The van der Waals surface area contributed by atoms with Gasteiger partial charge in [0.25, 0.3) is 0 Å². The van der Waals surface area contributed by atoms with Crippen LogP contribution in [0, 0.1) is 0 Å². The molecule has 0 amide bonds. The second-order valence-corrected chi connectivity index (χ2v) is 7.37. The van der Waals surface area contributed by atoms with Crippen LogP contribution in [0.2, 0.25) is 0 Å². The molecule has 0 atom stereocenters. The van der Waals surface area contributed by atoms with E-state index in [0.29, 0.717) is 10.2 Å². The Morgan fingerprint density at radius 2 is 1.71 bits per heavy atom. The summed E-state index contributed by atoms with van der Waals surface area (Å²) in [5, 5.41) is 0. The topological polar surface area (TPSA) is 46.6 Å². The molecular formula is C15H16BrNO3S. The van der Waals surface area contributed by atoms with Gasteiger partial charge in [0.2, 0.25) is 10.0 Å². The summed E-state index contributed by atoms with van der Waals surface area (Å²) >= 11 is 3.28. The van der Waals surface area contributed by atoms with Gasteiger partial charge in [0.15, 0.2) is 0 Å². The zero-order chi connectivity index (χ0) is 15.5. The van der Waals surface area contributed by atoms with Crippen molar-refractivity contribution in [3.8, 4) is 5.75 Å². The van der Waals surface area contributed by atoms with Crippen LogP contribution in [0.25, 0.3) is 0 Å². The highest BCUT2D eigenvalue weighted by Crippen LogP contribution is 2.26. The van der Waals surface area contributed by atoms with Crippen molar-refractivity contribution in [2.45, 2.75) is 11.4 Å². The Kier molecular flexibility index (Phi) is 5.03. The molecule has 0 radical (unpaired) electrons. The highest BCUT2D eigenvalue weighted by Gasteiger charge is 2.23. The fourth-order valence-electron chi connectivity index (χ4n) is 1.98. The van der Waals surface area contributed by atoms with Crippen molar-refractivity contribution >= 4 is 26.0 Å². The fraction of sp³-hybridized carbons (Fsp3) is 0.200. The van der Waals surface area contributed by atoms with Crippen LogP contribution in [0.15, 0.2) is 57.9 Å². The summed E-state index contributed by atoms with van der Waals surface area (Å²) in [5.41, 5.74) is 0.818. The third kappa shape index (κ3) is 3.45. The number of ether oxygens (including phenoxy) is 1. The molecule has 2 aromatic rings. The molecule has 0 aliphatic heterocycles. The number of benzene rings is 2. The van der Waals surface area contributed by atoms with E-state index in [1.54, 1.807) is 38.4 Å². The maximum atomic E-state index is 12.6. The van der Waals surface area contributed by atoms with Gasteiger partial charge < -0.3 is 4.74 Å². The van der Waals surface area contributed by atoms with Crippen LogP contribution in [0.5, 0.6) is 5.75 Å². The van der Waals surface area contributed by atoms with Crippen LogP contribution in [-0.4, -0.2) is 26.9 Å². The van der Waals surface area contributed by atoms with Gasteiger partial charge in [0.05, 0.1) is 12.0 Å². The van der Waals surface area contributed by atoms with Crippen molar-refractivity contribution in [1.29, 1.82) is 0 Å². The van der Waals surface area contributed by atoms with Gasteiger partial charge in [-0.25, -0.2) is 8.42 Å². The van der Waals surface area contributed by atoms with Gasteiger partial charge in [-0.3, -0.25) is 0 Å². The summed E-state index contributed by atoms with van der Waals surface area (Å²) in [7, 11) is -0.435.